The van der Waals surface area contributed by atoms with E-state index in [1.165, 1.54) is 5.56 Å². The van der Waals surface area contributed by atoms with Crippen LogP contribution >= 0.6 is 0 Å². The topological polar surface area (TPSA) is 59.0 Å². The van der Waals surface area contributed by atoms with Gasteiger partial charge in [0.1, 0.15) is 0 Å². The van der Waals surface area contributed by atoms with Crippen LogP contribution in [-0.4, -0.2) is 35.8 Å². The van der Waals surface area contributed by atoms with E-state index in [0.29, 0.717) is 6.42 Å². The molecule has 2 aliphatic heterocycles. The van der Waals surface area contributed by atoms with Crippen molar-refractivity contribution >= 4 is 5.91 Å². The van der Waals surface area contributed by atoms with E-state index in [4.69, 9.17) is 14.6 Å². The molecule has 4 rings (SSSR count). The summed E-state index contributed by atoms with van der Waals surface area (Å²) in [6, 6.07) is 13.8. The summed E-state index contributed by atoms with van der Waals surface area (Å²) in [5.41, 5.74) is 3.14. The van der Waals surface area contributed by atoms with Gasteiger partial charge in [0.15, 0.2) is 11.5 Å². The van der Waals surface area contributed by atoms with E-state index in [2.05, 4.69) is 19.1 Å². The number of aliphatic hydroxyl groups is 1. The summed E-state index contributed by atoms with van der Waals surface area (Å²) in [5.74, 6) is 1.80. The first-order valence-electron chi connectivity index (χ1n) is 9.90. The van der Waals surface area contributed by atoms with Crippen molar-refractivity contribution in [2.24, 2.45) is 5.41 Å². The second-order valence-corrected chi connectivity index (χ2v) is 8.25. The molecule has 2 aromatic carbocycles. The van der Waals surface area contributed by atoms with Gasteiger partial charge in [0.2, 0.25) is 12.7 Å². The molecule has 0 aromatic heterocycles. The molecule has 1 fully saturated rings. The van der Waals surface area contributed by atoms with Crippen LogP contribution < -0.4 is 9.47 Å². The summed E-state index contributed by atoms with van der Waals surface area (Å²) in [5, 5.41) is 9.15. The van der Waals surface area contributed by atoms with Gasteiger partial charge in [-0.15, -0.1) is 0 Å². The summed E-state index contributed by atoms with van der Waals surface area (Å²) < 4.78 is 10.9. The third-order valence-electron chi connectivity index (χ3n) is 5.76. The predicted molar refractivity (Wildman–Crippen MR) is 106 cm³/mol. The lowest BCUT2D eigenvalue weighted by Gasteiger charge is -2.41. The van der Waals surface area contributed by atoms with Crippen LogP contribution in [0.4, 0.5) is 0 Å². The van der Waals surface area contributed by atoms with Crippen molar-refractivity contribution in [2.45, 2.75) is 39.2 Å². The molecule has 0 unspecified atom stereocenters. The van der Waals surface area contributed by atoms with Crippen LogP contribution in [-0.2, 0) is 24.2 Å². The molecule has 2 aliphatic rings. The Bertz CT molecular complexity index is 848. The summed E-state index contributed by atoms with van der Waals surface area (Å²) >= 11 is 0. The molecule has 0 saturated carbocycles. The standard InChI is InChI=1S/C23H27NO4/c1-23(13-19-7-8-20-21(11-19)28-16-27-20)9-2-10-24(15-23)22(26)12-17-3-5-18(14-25)6-4-17/h3-8,11,25H,2,9-10,12-16H2,1H3/t23-/m1/s1. The molecular formula is C23H27NO4. The number of carbonyl (C=O) groups excluding carboxylic acids is 1. The molecule has 5 heteroatoms. The van der Waals surface area contributed by atoms with Crippen LogP contribution in [0.15, 0.2) is 42.5 Å². The van der Waals surface area contributed by atoms with Gasteiger partial charge >= 0.3 is 0 Å². The highest BCUT2D eigenvalue weighted by Crippen LogP contribution is 2.37. The zero-order valence-electron chi connectivity index (χ0n) is 16.3. The second kappa shape index (κ2) is 7.84. The normalized spacial score (nSPS) is 21.0. The molecule has 1 atom stereocenters. The molecule has 28 heavy (non-hydrogen) atoms. The quantitative estimate of drug-likeness (QED) is 0.863. The molecule has 0 spiro atoms. The van der Waals surface area contributed by atoms with Crippen LogP contribution in [0.3, 0.4) is 0 Å². The average Bonchev–Trinajstić information content (AvgIpc) is 3.16. The highest BCUT2D eigenvalue weighted by atomic mass is 16.7. The Labute approximate surface area is 165 Å². The van der Waals surface area contributed by atoms with Gasteiger partial charge in [-0.2, -0.15) is 0 Å². The number of benzene rings is 2. The summed E-state index contributed by atoms with van der Waals surface area (Å²) in [6.07, 6.45) is 3.46. The number of rotatable bonds is 5. The maximum absolute atomic E-state index is 12.9. The Balaban J connectivity index is 1.40. The largest absolute Gasteiger partial charge is 0.454 e. The van der Waals surface area contributed by atoms with Crippen LogP contribution in [0.25, 0.3) is 0 Å². The molecular weight excluding hydrogens is 354 g/mol. The van der Waals surface area contributed by atoms with Crippen LogP contribution in [0.1, 0.15) is 36.5 Å². The molecule has 0 bridgehead atoms. The van der Waals surface area contributed by atoms with Gasteiger partial charge in [-0.1, -0.05) is 37.3 Å². The monoisotopic (exact) mass is 381 g/mol. The van der Waals surface area contributed by atoms with E-state index in [0.717, 1.165) is 55.0 Å². The van der Waals surface area contributed by atoms with Crippen molar-refractivity contribution in [3.05, 3.63) is 59.2 Å². The van der Waals surface area contributed by atoms with Gasteiger partial charge in [0, 0.05) is 13.1 Å². The molecule has 148 valence electrons. The third-order valence-corrected chi connectivity index (χ3v) is 5.76. The number of fused-ring (bicyclic) bond motifs is 1. The Morgan fingerprint density at radius 2 is 1.79 bits per heavy atom. The number of ether oxygens (including phenoxy) is 2. The molecule has 1 saturated heterocycles. The second-order valence-electron chi connectivity index (χ2n) is 8.25. The highest BCUT2D eigenvalue weighted by Gasteiger charge is 2.33. The number of amides is 1. The van der Waals surface area contributed by atoms with Crippen molar-refractivity contribution in [3.63, 3.8) is 0 Å². The number of piperidine rings is 1. The highest BCUT2D eigenvalue weighted by molar-refractivity contribution is 5.79. The molecule has 0 radical (unpaired) electrons. The molecule has 2 heterocycles. The summed E-state index contributed by atoms with van der Waals surface area (Å²) in [6.45, 7) is 4.18. The SMILES string of the molecule is C[C@]1(Cc2ccc3c(c2)OCO3)CCCN(C(=O)Cc2ccc(CO)cc2)C1. The maximum atomic E-state index is 12.9. The predicted octanol–water partition coefficient (Wildman–Crippen LogP) is 3.32. The third kappa shape index (κ3) is 4.14. The molecule has 2 aromatic rings. The molecule has 5 nitrogen and oxygen atoms in total. The van der Waals surface area contributed by atoms with Gasteiger partial charge in [0.05, 0.1) is 13.0 Å². The molecule has 1 N–H and O–H groups in total. The first-order valence-corrected chi connectivity index (χ1v) is 9.90. The van der Waals surface area contributed by atoms with Gasteiger partial charge in [-0.05, 0) is 53.5 Å². The van der Waals surface area contributed by atoms with Crippen molar-refractivity contribution < 1.29 is 19.4 Å². The maximum Gasteiger partial charge on any atom is 0.231 e. The van der Waals surface area contributed by atoms with Crippen molar-refractivity contribution in [3.8, 4) is 11.5 Å². The zero-order valence-corrected chi connectivity index (χ0v) is 16.3. The van der Waals surface area contributed by atoms with Crippen molar-refractivity contribution in [1.29, 1.82) is 0 Å². The first kappa shape index (κ1) is 18.8. The minimum Gasteiger partial charge on any atom is -0.454 e. The first-order chi connectivity index (χ1) is 13.5. The lowest BCUT2D eigenvalue weighted by Crippen LogP contribution is -2.46. The number of hydrogen-bond acceptors (Lipinski definition) is 4. The Hall–Kier alpha value is -2.53. The van der Waals surface area contributed by atoms with E-state index in [-0.39, 0.29) is 24.7 Å². The number of hydrogen-bond donors (Lipinski definition) is 1. The van der Waals surface area contributed by atoms with Crippen LogP contribution in [0.2, 0.25) is 0 Å². The fourth-order valence-corrected chi connectivity index (χ4v) is 4.27. The van der Waals surface area contributed by atoms with Crippen LogP contribution in [0.5, 0.6) is 11.5 Å². The van der Waals surface area contributed by atoms with Crippen molar-refractivity contribution in [2.75, 3.05) is 19.9 Å². The lowest BCUT2D eigenvalue weighted by atomic mass is 9.76. The van der Waals surface area contributed by atoms with Gasteiger partial charge < -0.3 is 19.5 Å². The van der Waals surface area contributed by atoms with E-state index < -0.39 is 0 Å². The Morgan fingerprint density at radius 1 is 1.07 bits per heavy atom. The lowest BCUT2D eigenvalue weighted by molar-refractivity contribution is -0.133. The van der Waals surface area contributed by atoms with E-state index in [9.17, 15) is 4.79 Å². The van der Waals surface area contributed by atoms with E-state index in [1.807, 2.05) is 35.2 Å². The van der Waals surface area contributed by atoms with Crippen molar-refractivity contribution in [1.82, 2.24) is 4.90 Å². The molecule has 1 amide bonds. The average molecular weight is 381 g/mol. The summed E-state index contributed by atoms with van der Waals surface area (Å²) in [7, 11) is 0. The number of carbonyl (C=O) groups is 1. The minimum atomic E-state index is 0.0264. The van der Waals surface area contributed by atoms with Crippen LogP contribution in [0, 0.1) is 5.41 Å². The van der Waals surface area contributed by atoms with Gasteiger partial charge in [-0.25, -0.2) is 0 Å². The van der Waals surface area contributed by atoms with Gasteiger partial charge in [0.25, 0.3) is 0 Å². The Morgan fingerprint density at radius 3 is 2.57 bits per heavy atom. The smallest absolute Gasteiger partial charge is 0.231 e. The fourth-order valence-electron chi connectivity index (χ4n) is 4.27. The summed E-state index contributed by atoms with van der Waals surface area (Å²) in [4.78, 5) is 14.9. The Kier molecular flexibility index (Phi) is 5.27. The van der Waals surface area contributed by atoms with E-state index >= 15 is 0 Å². The van der Waals surface area contributed by atoms with E-state index in [1.54, 1.807) is 0 Å². The molecule has 0 aliphatic carbocycles. The minimum absolute atomic E-state index is 0.0264. The number of aliphatic hydroxyl groups excluding tert-OH is 1. The van der Waals surface area contributed by atoms with Gasteiger partial charge in [-0.3, -0.25) is 4.79 Å². The number of nitrogens with zero attached hydrogens (tertiary/aromatic N) is 1. The number of likely N-dealkylation sites (tertiary alicyclic amines) is 1. The fraction of sp³-hybridized carbons (Fsp3) is 0.435. The zero-order chi connectivity index (χ0) is 19.6.